The van der Waals surface area contributed by atoms with Gasteiger partial charge in [0.1, 0.15) is 5.70 Å². The molecule has 1 rings (SSSR count). The van der Waals surface area contributed by atoms with E-state index in [1.54, 1.807) is 24.3 Å². The van der Waals surface area contributed by atoms with Gasteiger partial charge in [0.25, 0.3) is 0 Å². The highest BCUT2D eigenvalue weighted by molar-refractivity contribution is 5.97. The molecule has 92 valence electrons. The molecule has 1 aromatic carbocycles. The number of carbonyl (C=O) groups is 2. The summed E-state index contributed by atoms with van der Waals surface area (Å²) in [5, 5.41) is 11.0. The number of methoxy groups -OCH3 is 1. The Morgan fingerprint density at radius 3 is 2.39 bits per heavy atom. The zero-order chi connectivity index (χ0) is 13.5. The predicted octanol–water partition coefficient (Wildman–Crippen LogP) is 1.21. The van der Waals surface area contributed by atoms with Gasteiger partial charge in [0.15, 0.2) is 0 Å². The molecule has 0 spiro atoms. The number of ether oxygens (including phenoxy) is 1. The third kappa shape index (κ3) is 3.76. The molecule has 5 heteroatoms. The van der Waals surface area contributed by atoms with Crippen LogP contribution in [0, 0.1) is 11.3 Å². The summed E-state index contributed by atoms with van der Waals surface area (Å²) in [6.45, 7) is 1.30. The lowest BCUT2D eigenvalue weighted by atomic mass is 10.1. The van der Waals surface area contributed by atoms with E-state index in [0.717, 1.165) is 0 Å². The minimum atomic E-state index is -0.630. The van der Waals surface area contributed by atoms with Crippen molar-refractivity contribution in [1.29, 1.82) is 5.26 Å². The van der Waals surface area contributed by atoms with E-state index in [4.69, 9.17) is 5.26 Å². The van der Waals surface area contributed by atoms with E-state index in [9.17, 15) is 9.59 Å². The molecular weight excluding hydrogens is 232 g/mol. The van der Waals surface area contributed by atoms with Crippen LogP contribution in [0.4, 0.5) is 0 Å². The van der Waals surface area contributed by atoms with Crippen molar-refractivity contribution >= 4 is 18.0 Å². The van der Waals surface area contributed by atoms with Gasteiger partial charge in [-0.1, -0.05) is 12.1 Å². The Labute approximate surface area is 105 Å². The van der Waals surface area contributed by atoms with E-state index in [2.05, 4.69) is 10.1 Å². The van der Waals surface area contributed by atoms with Crippen LogP contribution in [0.5, 0.6) is 0 Å². The number of benzene rings is 1. The zero-order valence-electron chi connectivity index (χ0n) is 10.1. The van der Waals surface area contributed by atoms with Crippen LogP contribution in [-0.2, 0) is 14.3 Å². The van der Waals surface area contributed by atoms with Crippen molar-refractivity contribution in [2.75, 3.05) is 7.11 Å². The quantitative estimate of drug-likeness (QED) is 0.640. The number of esters is 1. The van der Waals surface area contributed by atoms with Gasteiger partial charge in [-0.05, 0) is 23.8 Å². The van der Waals surface area contributed by atoms with Crippen molar-refractivity contribution in [2.24, 2.45) is 0 Å². The molecule has 18 heavy (non-hydrogen) atoms. The highest BCUT2D eigenvalue weighted by Gasteiger charge is 2.10. The van der Waals surface area contributed by atoms with Gasteiger partial charge in [0.2, 0.25) is 5.91 Å². The van der Waals surface area contributed by atoms with Crippen LogP contribution >= 0.6 is 0 Å². The maximum atomic E-state index is 11.4. The number of rotatable bonds is 3. The number of carbonyl (C=O) groups excluding carboxylic acids is 2. The zero-order valence-corrected chi connectivity index (χ0v) is 10.1. The van der Waals surface area contributed by atoms with Crippen molar-refractivity contribution < 1.29 is 14.3 Å². The van der Waals surface area contributed by atoms with E-state index in [1.165, 1.54) is 20.1 Å². The molecule has 1 aromatic rings. The molecule has 0 unspecified atom stereocenters. The Balaban J connectivity index is 3.03. The first-order valence-corrected chi connectivity index (χ1v) is 5.14. The minimum Gasteiger partial charge on any atom is -0.464 e. The summed E-state index contributed by atoms with van der Waals surface area (Å²) < 4.78 is 4.56. The fourth-order valence-corrected chi connectivity index (χ4v) is 1.27. The summed E-state index contributed by atoms with van der Waals surface area (Å²) in [6, 6.07) is 8.57. The van der Waals surface area contributed by atoms with E-state index in [-0.39, 0.29) is 11.6 Å². The number of hydrogen-bond donors (Lipinski definition) is 1. The van der Waals surface area contributed by atoms with Crippen LogP contribution in [-0.4, -0.2) is 19.0 Å². The Morgan fingerprint density at radius 2 is 1.94 bits per heavy atom. The molecule has 0 atom stereocenters. The van der Waals surface area contributed by atoms with Crippen LogP contribution in [0.1, 0.15) is 18.1 Å². The molecule has 0 saturated carbocycles. The number of hydrogen-bond acceptors (Lipinski definition) is 4. The standard InChI is InChI=1S/C13H12N2O3/c1-9(16)15-12(13(17)18-2)7-10-3-5-11(8-14)6-4-10/h3-7H,1-2H3,(H,15,16)/b12-7-. The van der Waals surface area contributed by atoms with Crippen LogP contribution in [0.15, 0.2) is 30.0 Å². The Bertz CT molecular complexity index is 524. The topological polar surface area (TPSA) is 79.2 Å². The third-order valence-electron chi connectivity index (χ3n) is 2.07. The lowest BCUT2D eigenvalue weighted by Gasteiger charge is -2.05. The molecule has 5 nitrogen and oxygen atoms in total. The highest BCUT2D eigenvalue weighted by Crippen LogP contribution is 2.08. The SMILES string of the molecule is COC(=O)/C(=C/c1ccc(C#N)cc1)NC(C)=O. The monoisotopic (exact) mass is 244 g/mol. The Hall–Kier alpha value is -2.61. The van der Waals surface area contributed by atoms with Crippen LogP contribution < -0.4 is 5.32 Å². The summed E-state index contributed by atoms with van der Waals surface area (Å²) >= 11 is 0. The smallest absolute Gasteiger partial charge is 0.354 e. The second-order valence-corrected chi connectivity index (χ2v) is 3.46. The van der Waals surface area contributed by atoms with Gasteiger partial charge in [-0.3, -0.25) is 4.79 Å². The number of nitriles is 1. The lowest BCUT2D eigenvalue weighted by Crippen LogP contribution is -2.25. The second kappa shape index (κ2) is 6.21. The van der Waals surface area contributed by atoms with Crippen molar-refractivity contribution in [3.05, 3.63) is 41.1 Å². The van der Waals surface area contributed by atoms with Crippen LogP contribution in [0.25, 0.3) is 6.08 Å². The summed E-state index contributed by atoms with van der Waals surface area (Å²) in [4.78, 5) is 22.4. The van der Waals surface area contributed by atoms with Gasteiger partial charge in [-0.15, -0.1) is 0 Å². The largest absolute Gasteiger partial charge is 0.464 e. The molecule has 0 fully saturated rings. The molecule has 0 bridgehead atoms. The summed E-state index contributed by atoms with van der Waals surface area (Å²) in [7, 11) is 1.23. The normalized spacial score (nSPS) is 10.4. The molecule has 0 aromatic heterocycles. The third-order valence-corrected chi connectivity index (χ3v) is 2.07. The summed E-state index contributed by atoms with van der Waals surface area (Å²) in [5.74, 6) is -0.991. The average Bonchev–Trinajstić information content (AvgIpc) is 2.37. The number of amides is 1. The first-order valence-electron chi connectivity index (χ1n) is 5.14. The molecule has 0 saturated heterocycles. The summed E-state index contributed by atoms with van der Waals surface area (Å²) in [6.07, 6.45) is 1.48. The summed E-state index contributed by atoms with van der Waals surface area (Å²) in [5.41, 5.74) is 1.25. The highest BCUT2D eigenvalue weighted by atomic mass is 16.5. The van der Waals surface area contributed by atoms with E-state index in [1.807, 2.05) is 6.07 Å². The molecule has 0 heterocycles. The average molecular weight is 244 g/mol. The van der Waals surface area contributed by atoms with E-state index < -0.39 is 5.97 Å². The Kier molecular flexibility index (Phi) is 4.64. The first kappa shape index (κ1) is 13.5. The van der Waals surface area contributed by atoms with E-state index >= 15 is 0 Å². The van der Waals surface area contributed by atoms with Crippen molar-refractivity contribution in [2.45, 2.75) is 6.92 Å². The van der Waals surface area contributed by atoms with Crippen molar-refractivity contribution in [1.82, 2.24) is 5.32 Å². The second-order valence-electron chi connectivity index (χ2n) is 3.46. The number of nitrogens with zero attached hydrogens (tertiary/aromatic N) is 1. The maximum absolute atomic E-state index is 11.4. The predicted molar refractivity (Wildman–Crippen MR) is 65.0 cm³/mol. The molecule has 0 aliphatic heterocycles. The van der Waals surface area contributed by atoms with Crippen LogP contribution in [0.2, 0.25) is 0 Å². The number of nitrogens with one attached hydrogen (secondary N) is 1. The first-order chi connectivity index (χ1) is 8.56. The Morgan fingerprint density at radius 1 is 1.33 bits per heavy atom. The molecular formula is C13H12N2O3. The van der Waals surface area contributed by atoms with Gasteiger partial charge < -0.3 is 10.1 Å². The van der Waals surface area contributed by atoms with Gasteiger partial charge in [-0.25, -0.2) is 4.79 Å². The van der Waals surface area contributed by atoms with Gasteiger partial charge >= 0.3 is 5.97 Å². The molecule has 0 radical (unpaired) electrons. The van der Waals surface area contributed by atoms with Gasteiger partial charge in [-0.2, -0.15) is 5.26 Å². The maximum Gasteiger partial charge on any atom is 0.354 e. The van der Waals surface area contributed by atoms with Gasteiger partial charge in [0, 0.05) is 6.92 Å². The fourth-order valence-electron chi connectivity index (χ4n) is 1.27. The van der Waals surface area contributed by atoms with Crippen molar-refractivity contribution in [3.8, 4) is 6.07 Å². The molecule has 0 aliphatic carbocycles. The van der Waals surface area contributed by atoms with Crippen LogP contribution in [0.3, 0.4) is 0 Å². The van der Waals surface area contributed by atoms with Crippen molar-refractivity contribution in [3.63, 3.8) is 0 Å². The fraction of sp³-hybridized carbons (Fsp3) is 0.154. The molecule has 1 amide bonds. The van der Waals surface area contributed by atoms with Gasteiger partial charge in [0.05, 0.1) is 18.7 Å². The minimum absolute atomic E-state index is 0.0507. The lowest BCUT2D eigenvalue weighted by molar-refractivity contribution is -0.137. The van der Waals surface area contributed by atoms with E-state index in [0.29, 0.717) is 11.1 Å². The molecule has 0 aliphatic rings. The molecule has 1 N–H and O–H groups in total.